The van der Waals surface area contributed by atoms with Gasteiger partial charge in [0.25, 0.3) is 5.56 Å². The first-order valence-electron chi connectivity index (χ1n) is 13.9. The topological polar surface area (TPSA) is 79.1 Å². The highest BCUT2D eigenvalue weighted by atomic mass is 35.5. The van der Waals surface area contributed by atoms with E-state index in [1.807, 2.05) is 66.0 Å². The van der Waals surface area contributed by atoms with Crippen LogP contribution in [0.2, 0.25) is 10.0 Å². The van der Waals surface area contributed by atoms with Crippen LogP contribution in [0, 0.1) is 0 Å². The van der Waals surface area contributed by atoms with Gasteiger partial charge in [-0.05, 0) is 48.2 Å². The molecule has 45 heavy (non-hydrogen) atoms. The number of benzene rings is 3. The van der Waals surface area contributed by atoms with Crippen molar-refractivity contribution in [1.82, 2.24) is 4.57 Å². The van der Waals surface area contributed by atoms with E-state index >= 15 is 0 Å². The first-order chi connectivity index (χ1) is 21.9. The average Bonchev–Trinajstić information content (AvgIpc) is 3.69. The average molecular weight is 678 g/mol. The van der Waals surface area contributed by atoms with Gasteiger partial charge < -0.3 is 14.2 Å². The number of fused-ring (bicyclic) bond motifs is 1. The van der Waals surface area contributed by atoms with Crippen molar-refractivity contribution < 1.29 is 19.0 Å². The standard InChI is InChI=1S/C34H26Cl2N2O5S2/c1-3-42-33(40)28-29(21-10-5-4-6-11-21)37-34-38(30(28)26-14-9-15-44-26)32(39)27(45-34)18-20-16-24(36)31(25(17-20)41-2)43-19-22-12-7-8-13-23(22)35/h4-18,30H,3,19H2,1-2H3/b27-18-/t30-/m1/s1. The van der Waals surface area contributed by atoms with Crippen molar-refractivity contribution in [1.29, 1.82) is 0 Å². The lowest BCUT2D eigenvalue weighted by molar-refractivity contribution is -0.138. The van der Waals surface area contributed by atoms with Gasteiger partial charge in [-0.3, -0.25) is 9.36 Å². The SMILES string of the molecule is CCOC(=O)C1=C(c2ccccc2)N=c2s/c(=C\c3cc(Cl)c(OCc4ccccc4Cl)c(OC)c3)c(=O)n2[C@@H]1c1cccs1. The largest absolute Gasteiger partial charge is 0.493 e. The molecule has 2 aromatic heterocycles. The Balaban J connectivity index is 1.47. The van der Waals surface area contributed by atoms with E-state index in [4.69, 9.17) is 42.4 Å². The van der Waals surface area contributed by atoms with Crippen molar-refractivity contribution in [3.63, 3.8) is 0 Å². The molecule has 0 saturated heterocycles. The fourth-order valence-electron chi connectivity index (χ4n) is 5.04. The molecule has 6 rings (SSSR count). The second-order valence-electron chi connectivity index (χ2n) is 9.86. The second kappa shape index (κ2) is 13.5. The number of ether oxygens (including phenoxy) is 3. The van der Waals surface area contributed by atoms with Crippen LogP contribution in [0.25, 0.3) is 11.8 Å². The summed E-state index contributed by atoms with van der Waals surface area (Å²) in [5.74, 6) is 0.250. The van der Waals surface area contributed by atoms with Crippen molar-refractivity contribution in [3.05, 3.63) is 141 Å². The highest BCUT2D eigenvalue weighted by Crippen LogP contribution is 2.38. The number of thiophene rings is 1. The van der Waals surface area contributed by atoms with Gasteiger partial charge in [-0.15, -0.1) is 11.3 Å². The van der Waals surface area contributed by atoms with Gasteiger partial charge in [0, 0.05) is 21.0 Å². The Morgan fingerprint density at radius 3 is 2.51 bits per heavy atom. The van der Waals surface area contributed by atoms with Crippen LogP contribution in [0.1, 0.15) is 34.5 Å². The van der Waals surface area contributed by atoms with E-state index in [0.717, 1.165) is 16.0 Å². The number of carbonyl (C=O) groups excluding carboxylic acids is 1. The van der Waals surface area contributed by atoms with Crippen LogP contribution in [0.3, 0.4) is 0 Å². The third-order valence-corrected chi connectivity index (χ3v) is 9.62. The molecule has 7 nitrogen and oxygen atoms in total. The fraction of sp³-hybridized carbons (Fsp3) is 0.147. The molecule has 228 valence electrons. The Morgan fingerprint density at radius 2 is 1.80 bits per heavy atom. The number of thiazole rings is 1. The predicted octanol–water partition coefficient (Wildman–Crippen LogP) is 6.89. The summed E-state index contributed by atoms with van der Waals surface area (Å²) in [6, 6.07) is 23.4. The van der Waals surface area contributed by atoms with Crippen molar-refractivity contribution >= 4 is 63.6 Å². The Hall–Kier alpha value is -4.15. The molecule has 0 amide bonds. The fourth-order valence-corrected chi connectivity index (χ4v) is 7.32. The molecule has 11 heteroatoms. The highest BCUT2D eigenvalue weighted by molar-refractivity contribution is 7.10. The molecule has 1 aliphatic heterocycles. The van der Waals surface area contributed by atoms with Crippen LogP contribution in [-0.4, -0.2) is 24.3 Å². The minimum atomic E-state index is -0.712. The number of esters is 1. The smallest absolute Gasteiger partial charge is 0.338 e. The third kappa shape index (κ3) is 6.21. The van der Waals surface area contributed by atoms with Gasteiger partial charge in [-0.25, -0.2) is 9.79 Å². The molecule has 0 fully saturated rings. The van der Waals surface area contributed by atoms with E-state index in [-0.39, 0.29) is 18.8 Å². The molecule has 0 unspecified atom stereocenters. The van der Waals surface area contributed by atoms with Crippen LogP contribution in [0.15, 0.2) is 99.6 Å². The molecule has 0 saturated carbocycles. The van der Waals surface area contributed by atoms with E-state index < -0.39 is 12.0 Å². The van der Waals surface area contributed by atoms with Crippen LogP contribution in [0.5, 0.6) is 11.5 Å². The van der Waals surface area contributed by atoms with E-state index in [2.05, 4.69) is 0 Å². The zero-order chi connectivity index (χ0) is 31.5. The molecule has 0 radical (unpaired) electrons. The number of aromatic nitrogens is 1. The number of hydrogen-bond acceptors (Lipinski definition) is 8. The van der Waals surface area contributed by atoms with Gasteiger partial charge in [0.15, 0.2) is 16.3 Å². The molecule has 5 aromatic rings. The lowest BCUT2D eigenvalue weighted by Gasteiger charge is -2.24. The lowest BCUT2D eigenvalue weighted by Crippen LogP contribution is -2.39. The number of methoxy groups -OCH3 is 1. The first-order valence-corrected chi connectivity index (χ1v) is 16.4. The summed E-state index contributed by atoms with van der Waals surface area (Å²) in [6.45, 7) is 2.14. The van der Waals surface area contributed by atoms with Gasteiger partial charge in [0.2, 0.25) is 0 Å². The van der Waals surface area contributed by atoms with Gasteiger partial charge in [-0.1, -0.05) is 89.1 Å². The number of rotatable bonds is 9. The van der Waals surface area contributed by atoms with Gasteiger partial charge in [0.1, 0.15) is 12.6 Å². The summed E-state index contributed by atoms with van der Waals surface area (Å²) in [7, 11) is 1.52. The van der Waals surface area contributed by atoms with Gasteiger partial charge >= 0.3 is 5.97 Å². The molecule has 1 atom stereocenters. The monoisotopic (exact) mass is 676 g/mol. The van der Waals surface area contributed by atoms with Crippen LogP contribution < -0.4 is 24.4 Å². The number of carbonyl (C=O) groups is 1. The zero-order valence-corrected chi connectivity index (χ0v) is 27.3. The summed E-state index contributed by atoms with van der Waals surface area (Å²) in [6.07, 6.45) is 1.73. The Morgan fingerprint density at radius 1 is 1.02 bits per heavy atom. The Kier molecular flexibility index (Phi) is 9.23. The van der Waals surface area contributed by atoms with Crippen molar-refractivity contribution in [3.8, 4) is 11.5 Å². The summed E-state index contributed by atoms with van der Waals surface area (Å²) < 4.78 is 19.1. The van der Waals surface area contributed by atoms with Crippen molar-refractivity contribution in [2.24, 2.45) is 4.99 Å². The predicted molar refractivity (Wildman–Crippen MR) is 179 cm³/mol. The molecule has 0 aliphatic carbocycles. The number of halogens is 2. The number of hydrogen-bond donors (Lipinski definition) is 0. The summed E-state index contributed by atoms with van der Waals surface area (Å²) in [4.78, 5) is 33.8. The Bertz CT molecular complexity index is 2090. The lowest BCUT2D eigenvalue weighted by atomic mass is 9.97. The zero-order valence-electron chi connectivity index (χ0n) is 24.2. The maximum atomic E-state index is 14.1. The van der Waals surface area contributed by atoms with E-state index in [9.17, 15) is 9.59 Å². The Labute approximate surface area is 276 Å². The second-order valence-corrected chi connectivity index (χ2v) is 12.7. The highest BCUT2D eigenvalue weighted by Gasteiger charge is 2.35. The quantitative estimate of drug-likeness (QED) is 0.159. The van der Waals surface area contributed by atoms with Crippen LogP contribution in [0.4, 0.5) is 0 Å². The van der Waals surface area contributed by atoms with Gasteiger partial charge in [-0.2, -0.15) is 0 Å². The molecule has 0 bridgehead atoms. The molecular weight excluding hydrogens is 651 g/mol. The first kappa shape index (κ1) is 30.9. The minimum Gasteiger partial charge on any atom is -0.493 e. The van der Waals surface area contributed by atoms with Crippen LogP contribution >= 0.6 is 45.9 Å². The van der Waals surface area contributed by atoms with Crippen molar-refractivity contribution in [2.45, 2.75) is 19.6 Å². The minimum absolute atomic E-state index is 0.187. The summed E-state index contributed by atoms with van der Waals surface area (Å²) in [5, 5.41) is 2.81. The van der Waals surface area contributed by atoms with Gasteiger partial charge in [0.05, 0.1) is 34.5 Å². The van der Waals surface area contributed by atoms with E-state index in [1.54, 1.807) is 35.8 Å². The molecular formula is C34H26Cl2N2O5S2. The summed E-state index contributed by atoms with van der Waals surface area (Å²) >= 11 is 15.7. The molecule has 1 aliphatic rings. The summed E-state index contributed by atoms with van der Waals surface area (Å²) in [5.41, 5.74) is 2.69. The molecule has 3 heterocycles. The third-order valence-electron chi connectivity index (χ3n) is 7.07. The molecule has 0 N–H and O–H groups in total. The maximum absolute atomic E-state index is 14.1. The van der Waals surface area contributed by atoms with E-state index in [0.29, 0.717) is 47.7 Å². The molecule has 3 aromatic carbocycles. The van der Waals surface area contributed by atoms with Crippen molar-refractivity contribution in [2.75, 3.05) is 13.7 Å². The van der Waals surface area contributed by atoms with Crippen LogP contribution in [-0.2, 0) is 16.1 Å². The molecule has 0 spiro atoms. The maximum Gasteiger partial charge on any atom is 0.338 e. The number of nitrogens with zero attached hydrogens (tertiary/aromatic N) is 2. The van der Waals surface area contributed by atoms with E-state index in [1.165, 1.54) is 29.8 Å². The normalized spacial score (nSPS) is 14.6.